The molecular weight excluding hydrogens is 300 g/mol. The number of aromatic amines is 1. The van der Waals surface area contributed by atoms with Crippen LogP contribution in [0.2, 0.25) is 5.02 Å². The van der Waals surface area contributed by atoms with Crippen LogP contribution in [0.4, 0.5) is 0 Å². The van der Waals surface area contributed by atoms with Crippen LogP contribution in [0, 0.1) is 0 Å². The number of halogens is 1. The molecule has 0 bridgehead atoms. The second-order valence-electron chi connectivity index (χ2n) is 5.69. The lowest BCUT2D eigenvalue weighted by Crippen LogP contribution is -2.46. The Labute approximate surface area is 134 Å². The van der Waals surface area contributed by atoms with E-state index in [4.69, 9.17) is 11.6 Å². The van der Waals surface area contributed by atoms with E-state index in [0.29, 0.717) is 22.3 Å². The number of H-pyrrole nitrogens is 1. The van der Waals surface area contributed by atoms with E-state index >= 15 is 0 Å². The van der Waals surface area contributed by atoms with Crippen molar-refractivity contribution in [2.75, 3.05) is 6.54 Å². The summed E-state index contributed by atoms with van der Waals surface area (Å²) in [5.41, 5.74) is 1.97. The molecule has 1 aliphatic heterocycles. The number of hydrogen-bond donors (Lipinski definition) is 3. The first kappa shape index (κ1) is 15.1. The van der Waals surface area contributed by atoms with Gasteiger partial charge in [0.15, 0.2) is 0 Å². The van der Waals surface area contributed by atoms with Crippen LogP contribution in [0.5, 0.6) is 0 Å². The Morgan fingerprint density at radius 2 is 2.23 bits per heavy atom. The van der Waals surface area contributed by atoms with E-state index in [9.17, 15) is 4.79 Å². The first-order chi connectivity index (χ1) is 10.6. The molecule has 2 atom stereocenters. The highest BCUT2D eigenvalue weighted by atomic mass is 35.5. The maximum Gasteiger partial charge on any atom is 0.255 e. The number of carbonyl (C=O) groups is 1. The molecule has 22 heavy (non-hydrogen) atoms. The van der Waals surface area contributed by atoms with Crippen LogP contribution < -0.4 is 10.6 Å². The van der Waals surface area contributed by atoms with Gasteiger partial charge in [0.2, 0.25) is 0 Å². The van der Waals surface area contributed by atoms with Gasteiger partial charge in [-0.1, -0.05) is 29.8 Å². The molecule has 0 spiro atoms. The normalized spacial score (nSPS) is 21.5. The second-order valence-corrected chi connectivity index (χ2v) is 6.10. The van der Waals surface area contributed by atoms with Crippen molar-refractivity contribution in [3.05, 3.63) is 41.0 Å². The van der Waals surface area contributed by atoms with Gasteiger partial charge in [-0.25, -0.2) is 0 Å². The summed E-state index contributed by atoms with van der Waals surface area (Å²) < 4.78 is 0. The van der Waals surface area contributed by atoms with Crippen LogP contribution in [0.3, 0.4) is 0 Å². The Bertz CT molecular complexity index is 670. The Hall–Kier alpha value is -1.85. The summed E-state index contributed by atoms with van der Waals surface area (Å²) in [6.07, 6.45) is 3.43. The number of aromatic nitrogens is 2. The first-order valence-corrected chi connectivity index (χ1v) is 7.85. The van der Waals surface area contributed by atoms with Gasteiger partial charge in [0.25, 0.3) is 5.91 Å². The Balaban J connectivity index is 1.80. The van der Waals surface area contributed by atoms with Crippen molar-refractivity contribution in [1.82, 2.24) is 20.8 Å². The van der Waals surface area contributed by atoms with Crippen LogP contribution in [-0.2, 0) is 0 Å². The fraction of sp³-hybridized carbons (Fsp3) is 0.375. The van der Waals surface area contributed by atoms with Crippen molar-refractivity contribution in [2.45, 2.75) is 31.8 Å². The van der Waals surface area contributed by atoms with E-state index in [0.717, 1.165) is 24.9 Å². The number of nitrogens with zero attached hydrogens (tertiary/aromatic N) is 1. The van der Waals surface area contributed by atoms with Gasteiger partial charge in [0.05, 0.1) is 17.5 Å². The zero-order chi connectivity index (χ0) is 15.5. The fourth-order valence-corrected chi connectivity index (χ4v) is 3.08. The average Bonchev–Trinajstić information content (AvgIpc) is 2.97. The molecule has 2 unspecified atom stereocenters. The minimum Gasteiger partial charge on any atom is -0.349 e. The van der Waals surface area contributed by atoms with E-state index in [1.54, 1.807) is 12.3 Å². The third kappa shape index (κ3) is 3.15. The lowest BCUT2D eigenvalue weighted by Gasteiger charge is -2.28. The molecule has 2 aromatic rings. The van der Waals surface area contributed by atoms with Crippen molar-refractivity contribution in [3.8, 4) is 11.3 Å². The predicted molar refractivity (Wildman–Crippen MR) is 87.0 cm³/mol. The topological polar surface area (TPSA) is 69.8 Å². The minimum absolute atomic E-state index is 0.109. The minimum atomic E-state index is -0.109. The number of amides is 1. The van der Waals surface area contributed by atoms with Gasteiger partial charge >= 0.3 is 0 Å². The molecule has 1 aromatic heterocycles. The van der Waals surface area contributed by atoms with Crippen molar-refractivity contribution in [2.24, 2.45) is 0 Å². The molecule has 1 aliphatic rings. The summed E-state index contributed by atoms with van der Waals surface area (Å²) >= 11 is 6.22. The van der Waals surface area contributed by atoms with Gasteiger partial charge in [-0.05, 0) is 32.4 Å². The molecule has 6 heteroatoms. The predicted octanol–water partition coefficient (Wildman–Crippen LogP) is 2.60. The van der Waals surface area contributed by atoms with Crippen LogP contribution in [0.25, 0.3) is 11.3 Å². The van der Waals surface area contributed by atoms with Crippen LogP contribution in [0.1, 0.15) is 30.1 Å². The van der Waals surface area contributed by atoms with E-state index in [1.165, 1.54) is 0 Å². The highest BCUT2D eigenvalue weighted by Crippen LogP contribution is 2.28. The third-order valence-electron chi connectivity index (χ3n) is 3.99. The Kier molecular flexibility index (Phi) is 4.45. The number of hydrogen-bond acceptors (Lipinski definition) is 3. The van der Waals surface area contributed by atoms with E-state index in [1.807, 2.05) is 18.2 Å². The quantitative estimate of drug-likeness (QED) is 0.814. The van der Waals surface area contributed by atoms with Crippen molar-refractivity contribution < 1.29 is 4.79 Å². The molecular formula is C16H19ClN4O. The van der Waals surface area contributed by atoms with Crippen LogP contribution >= 0.6 is 11.6 Å². The maximum absolute atomic E-state index is 12.6. The molecule has 0 radical (unpaired) electrons. The van der Waals surface area contributed by atoms with Crippen molar-refractivity contribution in [3.63, 3.8) is 0 Å². The summed E-state index contributed by atoms with van der Waals surface area (Å²) in [4.78, 5) is 12.6. The number of nitrogens with one attached hydrogen (secondary N) is 3. The number of carbonyl (C=O) groups excluding carboxylic acids is 1. The van der Waals surface area contributed by atoms with Gasteiger partial charge in [-0.2, -0.15) is 5.10 Å². The SMILES string of the molecule is CC1CC(NC(=O)c2cn[nH]c2-c2ccccc2Cl)CCN1. The van der Waals surface area contributed by atoms with Gasteiger partial charge in [0, 0.05) is 22.7 Å². The molecule has 3 N–H and O–H groups in total. The lowest BCUT2D eigenvalue weighted by atomic mass is 10.00. The van der Waals surface area contributed by atoms with Gasteiger partial charge < -0.3 is 10.6 Å². The zero-order valence-corrected chi connectivity index (χ0v) is 13.2. The highest BCUT2D eigenvalue weighted by Gasteiger charge is 2.23. The Morgan fingerprint density at radius 3 is 3.00 bits per heavy atom. The molecule has 1 aromatic carbocycles. The van der Waals surface area contributed by atoms with Crippen LogP contribution in [-0.4, -0.2) is 34.7 Å². The first-order valence-electron chi connectivity index (χ1n) is 7.47. The van der Waals surface area contributed by atoms with E-state index in [2.05, 4.69) is 27.8 Å². The molecule has 1 saturated heterocycles. The zero-order valence-electron chi connectivity index (χ0n) is 12.4. The summed E-state index contributed by atoms with van der Waals surface area (Å²) in [6.45, 7) is 3.06. The van der Waals surface area contributed by atoms with Gasteiger partial charge in [-0.15, -0.1) is 0 Å². The Morgan fingerprint density at radius 1 is 1.41 bits per heavy atom. The molecule has 3 rings (SSSR count). The summed E-state index contributed by atoms with van der Waals surface area (Å²) in [5.74, 6) is -0.109. The number of benzene rings is 1. The van der Waals surface area contributed by atoms with Gasteiger partial charge in [-0.3, -0.25) is 9.89 Å². The highest BCUT2D eigenvalue weighted by molar-refractivity contribution is 6.33. The average molecular weight is 319 g/mol. The largest absolute Gasteiger partial charge is 0.349 e. The van der Waals surface area contributed by atoms with Gasteiger partial charge in [0.1, 0.15) is 0 Å². The molecule has 0 saturated carbocycles. The number of rotatable bonds is 3. The maximum atomic E-state index is 12.6. The van der Waals surface area contributed by atoms with Crippen LogP contribution in [0.15, 0.2) is 30.5 Å². The summed E-state index contributed by atoms with van der Waals surface area (Å²) in [6, 6.07) is 8.04. The summed E-state index contributed by atoms with van der Waals surface area (Å²) in [5, 5.41) is 14.0. The lowest BCUT2D eigenvalue weighted by molar-refractivity contribution is 0.0926. The second kappa shape index (κ2) is 6.50. The van der Waals surface area contributed by atoms with E-state index in [-0.39, 0.29) is 11.9 Å². The molecule has 1 fully saturated rings. The van der Waals surface area contributed by atoms with Crippen molar-refractivity contribution >= 4 is 17.5 Å². The monoisotopic (exact) mass is 318 g/mol. The molecule has 0 aliphatic carbocycles. The van der Waals surface area contributed by atoms with Crippen molar-refractivity contribution in [1.29, 1.82) is 0 Å². The molecule has 116 valence electrons. The summed E-state index contributed by atoms with van der Waals surface area (Å²) in [7, 11) is 0. The van der Waals surface area contributed by atoms with E-state index < -0.39 is 0 Å². The fourth-order valence-electron chi connectivity index (χ4n) is 2.85. The standard InChI is InChI=1S/C16H19ClN4O/c1-10-8-11(6-7-18-10)20-16(22)13-9-19-21-15(13)12-4-2-3-5-14(12)17/h2-5,9-11,18H,6-8H2,1H3,(H,19,21)(H,20,22). The third-order valence-corrected chi connectivity index (χ3v) is 4.32. The molecule has 2 heterocycles. The number of piperidine rings is 1. The molecule has 1 amide bonds. The molecule has 5 nitrogen and oxygen atoms in total. The smallest absolute Gasteiger partial charge is 0.255 e.